The number of nitrogens with zero attached hydrogens (tertiary/aromatic N) is 3. The molecule has 0 radical (unpaired) electrons. The molecule has 8 nitrogen and oxygen atoms in total. The molecule has 2 unspecified atom stereocenters. The van der Waals surface area contributed by atoms with Gasteiger partial charge in [-0.05, 0) is 32.2 Å². The zero-order chi connectivity index (χ0) is 19.4. The highest BCUT2D eigenvalue weighted by Gasteiger charge is 2.27. The molecule has 0 spiro atoms. The topological polar surface area (TPSA) is 95.0 Å². The number of morpholine rings is 1. The number of carboxylic acids is 1. The molecule has 1 saturated heterocycles. The average Bonchev–Trinajstić information content (AvgIpc) is 3.02. The minimum atomic E-state index is -0.874. The number of hydrogen-bond donors (Lipinski definition) is 2. The SMILES string of the molecule is CCC1CCc2nc(NC(=O)N3CCOC(CN(C)CC(=O)O)C3)sc2C1. The third-order valence-electron chi connectivity index (χ3n) is 5.18. The number of thiazole rings is 1. The second-order valence-corrected chi connectivity index (χ2v) is 8.45. The van der Waals surface area contributed by atoms with Crippen molar-refractivity contribution in [2.75, 3.05) is 45.2 Å². The Morgan fingerprint density at radius 2 is 2.30 bits per heavy atom. The molecule has 1 aliphatic heterocycles. The number of rotatable bonds is 6. The monoisotopic (exact) mass is 396 g/mol. The number of likely N-dealkylation sites (N-methyl/N-ethyl adjacent to an activating group) is 1. The fraction of sp³-hybridized carbons (Fsp3) is 0.722. The lowest BCUT2D eigenvalue weighted by atomic mass is 9.89. The van der Waals surface area contributed by atoms with Gasteiger partial charge in [0.2, 0.25) is 0 Å². The normalized spacial score (nSPS) is 22.6. The van der Waals surface area contributed by atoms with Gasteiger partial charge >= 0.3 is 12.0 Å². The first-order chi connectivity index (χ1) is 12.9. The molecule has 2 amide bonds. The maximum absolute atomic E-state index is 12.6. The number of fused-ring (bicyclic) bond motifs is 1. The first-order valence-corrected chi connectivity index (χ1v) is 10.3. The fourth-order valence-corrected chi connectivity index (χ4v) is 4.79. The Morgan fingerprint density at radius 3 is 3.04 bits per heavy atom. The zero-order valence-electron chi connectivity index (χ0n) is 15.9. The van der Waals surface area contributed by atoms with Crippen LogP contribution in [0.5, 0.6) is 0 Å². The van der Waals surface area contributed by atoms with Crippen molar-refractivity contribution in [2.45, 2.75) is 38.7 Å². The van der Waals surface area contributed by atoms with Gasteiger partial charge in [0.05, 0.1) is 24.9 Å². The van der Waals surface area contributed by atoms with Gasteiger partial charge in [-0.25, -0.2) is 9.78 Å². The molecule has 1 fully saturated rings. The van der Waals surface area contributed by atoms with Crippen LogP contribution < -0.4 is 5.32 Å². The van der Waals surface area contributed by atoms with Crippen LogP contribution in [0.1, 0.15) is 30.3 Å². The van der Waals surface area contributed by atoms with Crippen LogP contribution >= 0.6 is 11.3 Å². The lowest BCUT2D eigenvalue weighted by Crippen LogP contribution is -2.50. The summed E-state index contributed by atoms with van der Waals surface area (Å²) < 4.78 is 5.68. The van der Waals surface area contributed by atoms with Gasteiger partial charge in [-0.1, -0.05) is 13.3 Å². The predicted octanol–water partition coefficient (Wildman–Crippen LogP) is 1.91. The number of nitrogens with one attached hydrogen (secondary N) is 1. The summed E-state index contributed by atoms with van der Waals surface area (Å²) in [6.45, 7) is 4.07. The third kappa shape index (κ3) is 5.40. The Hall–Kier alpha value is -1.71. The second kappa shape index (κ2) is 8.99. The smallest absolute Gasteiger partial charge is 0.323 e. The Bertz CT molecular complexity index is 680. The molecule has 2 N–H and O–H groups in total. The lowest BCUT2D eigenvalue weighted by molar-refractivity contribution is -0.138. The number of urea groups is 1. The van der Waals surface area contributed by atoms with E-state index < -0.39 is 5.97 Å². The van der Waals surface area contributed by atoms with Gasteiger partial charge in [0.1, 0.15) is 0 Å². The first-order valence-electron chi connectivity index (χ1n) is 9.51. The summed E-state index contributed by atoms with van der Waals surface area (Å²) in [6, 6.07) is -0.165. The van der Waals surface area contributed by atoms with E-state index in [9.17, 15) is 9.59 Å². The van der Waals surface area contributed by atoms with E-state index in [-0.39, 0.29) is 18.7 Å². The van der Waals surface area contributed by atoms with Crippen molar-refractivity contribution in [1.29, 1.82) is 0 Å². The Balaban J connectivity index is 1.53. The number of aromatic nitrogens is 1. The molecule has 150 valence electrons. The quantitative estimate of drug-likeness (QED) is 0.763. The zero-order valence-corrected chi connectivity index (χ0v) is 16.8. The molecule has 2 aliphatic rings. The van der Waals surface area contributed by atoms with E-state index in [1.807, 2.05) is 0 Å². The number of carbonyl (C=O) groups excluding carboxylic acids is 1. The molecule has 27 heavy (non-hydrogen) atoms. The Morgan fingerprint density at radius 1 is 1.48 bits per heavy atom. The molecule has 0 aromatic carbocycles. The highest BCUT2D eigenvalue weighted by atomic mass is 32.1. The number of aliphatic carboxylic acids is 1. The average molecular weight is 397 g/mol. The molecule has 1 aliphatic carbocycles. The van der Waals surface area contributed by atoms with Gasteiger partial charge in [0, 0.05) is 24.5 Å². The van der Waals surface area contributed by atoms with E-state index in [2.05, 4.69) is 17.2 Å². The molecular weight excluding hydrogens is 368 g/mol. The minimum Gasteiger partial charge on any atom is -0.480 e. The summed E-state index contributed by atoms with van der Waals surface area (Å²) in [5.74, 6) is -0.148. The molecule has 0 saturated carbocycles. The number of carboxylic acid groups (broad SMARTS) is 1. The van der Waals surface area contributed by atoms with Crippen LogP contribution in [0.4, 0.5) is 9.93 Å². The van der Waals surface area contributed by atoms with Crippen molar-refractivity contribution in [2.24, 2.45) is 5.92 Å². The summed E-state index contributed by atoms with van der Waals surface area (Å²) in [5, 5.41) is 12.5. The van der Waals surface area contributed by atoms with E-state index in [0.29, 0.717) is 31.4 Å². The molecule has 2 atom stereocenters. The molecule has 0 bridgehead atoms. The van der Waals surface area contributed by atoms with Crippen molar-refractivity contribution in [1.82, 2.24) is 14.8 Å². The fourth-order valence-electron chi connectivity index (χ4n) is 3.67. The highest BCUT2D eigenvalue weighted by molar-refractivity contribution is 7.15. The number of aryl methyl sites for hydroxylation is 1. The summed E-state index contributed by atoms with van der Waals surface area (Å²) >= 11 is 1.59. The Kier molecular flexibility index (Phi) is 6.67. The van der Waals surface area contributed by atoms with Gasteiger partial charge < -0.3 is 14.7 Å². The maximum atomic E-state index is 12.6. The van der Waals surface area contributed by atoms with Gasteiger partial charge in [-0.15, -0.1) is 11.3 Å². The van der Waals surface area contributed by atoms with Crippen LogP contribution in [0, 0.1) is 5.92 Å². The van der Waals surface area contributed by atoms with Crippen LogP contribution in [-0.2, 0) is 22.4 Å². The van der Waals surface area contributed by atoms with Gasteiger partial charge in [0.25, 0.3) is 0 Å². The van der Waals surface area contributed by atoms with E-state index in [1.54, 1.807) is 28.2 Å². The van der Waals surface area contributed by atoms with Crippen molar-refractivity contribution in [3.63, 3.8) is 0 Å². The van der Waals surface area contributed by atoms with Gasteiger partial charge in [0.15, 0.2) is 5.13 Å². The standard InChI is InChI=1S/C18H28N4O4S/c1-3-12-4-5-14-15(8-12)27-17(19-14)20-18(25)22-6-7-26-13(10-22)9-21(2)11-16(23)24/h12-13H,3-11H2,1-2H3,(H,23,24)(H,19,20,25). The van der Waals surface area contributed by atoms with Crippen molar-refractivity contribution < 1.29 is 19.4 Å². The summed E-state index contributed by atoms with van der Waals surface area (Å²) in [5.41, 5.74) is 1.13. The maximum Gasteiger partial charge on any atom is 0.323 e. The molecular formula is C18H28N4O4S. The first kappa shape index (κ1) is 20.0. The predicted molar refractivity (Wildman–Crippen MR) is 103 cm³/mol. The second-order valence-electron chi connectivity index (χ2n) is 7.37. The highest BCUT2D eigenvalue weighted by Crippen LogP contribution is 2.33. The number of amides is 2. The van der Waals surface area contributed by atoms with Crippen LogP contribution in [-0.4, -0.2) is 77.8 Å². The lowest BCUT2D eigenvalue weighted by Gasteiger charge is -2.34. The van der Waals surface area contributed by atoms with Gasteiger partial charge in [-0.3, -0.25) is 15.0 Å². The minimum absolute atomic E-state index is 0.0462. The van der Waals surface area contributed by atoms with Crippen molar-refractivity contribution in [3.05, 3.63) is 10.6 Å². The number of anilines is 1. The number of hydrogen-bond acceptors (Lipinski definition) is 6. The number of carbonyl (C=O) groups is 2. The molecule has 3 rings (SSSR count). The summed E-state index contributed by atoms with van der Waals surface area (Å²) in [7, 11) is 1.74. The van der Waals surface area contributed by atoms with Crippen molar-refractivity contribution >= 4 is 28.5 Å². The van der Waals surface area contributed by atoms with Crippen LogP contribution in [0.2, 0.25) is 0 Å². The summed E-state index contributed by atoms with van der Waals surface area (Å²) in [4.78, 5) is 32.7. The van der Waals surface area contributed by atoms with Crippen LogP contribution in [0.25, 0.3) is 0 Å². The van der Waals surface area contributed by atoms with E-state index in [4.69, 9.17) is 9.84 Å². The van der Waals surface area contributed by atoms with Gasteiger partial charge in [-0.2, -0.15) is 0 Å². The number of ether oxygens (including phenoxy) is 1. The van der Waals surface area contributed by atoms with E-state index in [0.717, 1.165) is 24.5 Å². The molecule has 1 aromatic heterocycles. The molecule has 2 heterocycles. The van der Waals surface area contributed by atoms with E-state index >= 15 is 0 Å². The Labute approximate surface area is 163 Å². The van der Waals surface area contributed by atoms with Crippen LogP contribution in [0.3, 0.4) is 0 Å². The third-order valence-corrected chi connectivity index (χ3v) is 6.21. The van der Waals surface area contributed by atoms with E-state index in [1.165, 1.54) is 17.7 Å². The largest absolute Gasteiger partial charge is 0.480 e. The molecule has 1 aromatic rings. The molecule has 9 heteroatoms. The van der Waals surface area contributed by atoms with Crippen LogP contribution in [0.15, 0.2) is 0 Å². The summed E-state index contributed by atoms with van der Waals surface area (Å²) in [6.07, 6.45) is 4.23. The van der Waals surface area contributed by atoms with Crippen molar-refractivity contribution in [3.8, 4) is 0 Å².